The molecular weight excluding hydrogens is 236 g/mol. The Morgan fingerprint density at radius 1 is 1.21 bits per heavy atom. The summed E-state index contributed by atoms with van der Waals surface area (Å²) in [6.07, 6.45) is 5.63. The van der Waals surface area contributed by atoms with Crippen molar-refractivity contribution in [3.63, 3.8) is 0 Å². The zero-order valence-corrected chi connectivity index (χ0v) is 12.8. The zero-order chi connectivity index (χ0) is 14.3. The molecule has 0 spiro atoms. The second kappa shape index (κ2) is 7.97. The first kappa shape index (κ1) is 15.7. The summed E-state index contributed by atoms with van der Waals surface area (Å²) in [6, 6.07) is 0. The number of hydrogen-bond donors (Lipinski definition) is 2. The lowest BCUT2D eigenvalue weighted by Gasteiger charge is -2.12. The summed E-state index contributed by atoms with van der Waals surface area (Å²) in [7, 11) is 0. The number of nitrogens with one attached hydrogen (secondary N) is 1. The van der Waals surface area contributed by atoms with Crippen LogP contribution < -0.4 is 11.1 Å². The smallest absolute Gasteiger partial charge is 0.134 e. The Balaban J connectivity index is 2.52. The van der Waals surface area contributed by atoms with Gasteiger partial charge in [0, 0.05) is 18.5 Å². The van der Waals surface area contributed by atoms with Crippen molar-refractivity contribution in [2.24, 2.45) is 5.92 Å². The van der Waals surface area contributed by atoms with Gasteiger partial charge < -0.3 is 11.1 Å². The molecule has 3 N–H and O–H groups in total. The zero-order valence-electron chi connectivity index (χ0n) is 12.8. The van der Waals surface area contributed by atoms with Crippen LogP contribution in [0, 0.1) is 12.8 Å². The summed E-state index contributed by atoms with van der Waals surface area (Å²) in [6.45, 7) is 9.58. The molecule has 108 valence electrons. The monoisotopic (exact) mass is 264 g/mol. The molecule has 0 atom stereocenters. The molecule has 0 unspecified atom stereocenters. The van der Waals surface area contributed by atoms with Gasteiger partial charge >= 0.3 is 0 Å². The SMILES string of the molecule is CCCc1nc(N)c(C)c(NCCCCC(C)C)n1. The summed E-state index contributed by atoms with van der Waals surface area (Å²) in [5, 5.41) is 3.40. The number of nitrogens with two attached hydrogens (primary N) is 1. The van der Waals surface area contributed by atoms with Crippen LogP contribution in [0.2, 0.25) is 0 Å². The van der Waals surface area contributed by atoms with Gasteiger partial charge in [-0.05, 0) is 25.7 Å². The van der Waals surface area contributed by atoms with Gasteiger partial charge in [0.15, 0.2) is 0 Å². The van der Waals surface area contributed by atoms with Crippen LogP contribution in [-0.2, 0) is 6.42 Å². The van der Waals surface area contributed by atoms with E-state index in [0.717, 1.165) is 42.5 Å². The number of hydrogen-bond acceptors (Lipinski definition) is 4. The molecule has 19 heavy (non-hydrogen) atoms. The Morgan fingerprint density at radius 3 is 2.58 bits per heavy atom. The predicted octanol–water partition coefficient (Wildman–Crippen LogP) is 3.56. The molecule has 1 aromatic rings. The van der Waals surface area contributed by atoms with Crippen LogP contribution in [0.5, 0.6) is 0 Å². The fourth-order valence-corrected chi connectivity index (χ4v) is 1.97. The minimum atomic E-state index is 0.600. The van der Waals surface area contributed by atoms with Crippen molar-refractivity contribution in [1.29, 1.82) is 0 Å². The van der Waals surface area contributed by atoms with Gasteiger partial charge in [0.2, 0.25) is 0 Å². The standard InChI is InChI=1S/C15H28N4/c1-5-8-13-18-14(16)12(4)15(19-13)17-10-7-6-9-11(2)3/h11H,5-10H2,1-4H3,(H3,16,17,18,19). The minimum absolute atomic E-state index is 0.600. The van der Waals surface area contributed by atoms with Crippen LogP contribution in [0.3, 0.4) is 0 Å². The molecule has 0 saturated heterocycles. The first-order valence-electron chi connectivity index (χ1n) is 7.41. The van der Waals surface area contributed by atoms with E-state index in [4.69, 9.17) is 5.73 Å². The Labute approximate surface area is 117 Å². The number of aromatic nitrogens is 2. The van der Waals surface area contributed by atoms with E-state index in [1.165, 1.54) is 19.3 Å². The van der Waals surface area contributed by atoms with Crippen LogP contribution in [0.25, 0.3) is 0 Å². The molecule has 0 aliphatic heterocycles. The number of rotatable bonds is 8. The van der Waals surface area contributed by atoms with E-state index in [0.29, 0.717) is 5.82 Å². The van der Waals surface area contributed by atoms with Crippen LogP contribution in [0.4, 0.5) is 11.6 Å². The number of anilines is 2. The second-order valence-corrected chi connectivity index (χ2v) is 5.57. The quantitative estimate of drug-likeness (QED) is 0.705. The average Bonchev–Trinajstić information content (AvgIpc) is 2.34. The maximum absolute atomic E-state index is 5.93. The van der Waals surface area contributed by atoms with Gasteiger partial charge in [-0.25, -0.2) is 9.97 Å². The maximum Gasteiger partial charge on any atom is 0.134 e. The average molecular weight is 264 g/mol. The maximum atomic E-state index is 5.93. The van der Waals surface area contributed by atoms with Crippen molar-refractivity contribution in [1.82, 2.24) is 9.97 Å². The largest absolute Gasteiger partial charge is 0.383 e. The van der Waals surface area contributed by atoms with E-state index in [2.05, 4.69) is 36.1 Å². The van der Waals surface area contributed by atoms with E-state index in [1.54, 1.807) is 0 Å². The fourth-order valence-electron chi connectivity index (χ4n) is 1.97. The van der Waals surface area contributed by atoms with Gasteiger partial charge in [0.05, 0.1) is 0 Å². The van der Waals surface area contributed by atoms with Gasteiger partial charge in [0.25, 0.3) is 0 Å². The highest BCUT2D eigenvalue weighted by atomic mass is 15.1. The first-order valence-corrected chi connectivity index (χ1v) is 7.41. The molecule has 1 aromatic heterocycles. The third-order valence-electron chi connectivity index (χ3n) is 3.20. The minimum Gasteiger partial charge on any atom is -0.383 e. The molecule has 0 aliphatic rings. The van der Waals surface area contributed by atoms with E-state index in [1.807, 2.05) is 6.92 Å². The fraction of sp³-hybridized carbons (Fsp3) is 0.733. The lowest BCUT2D eigenvalue weighted by molar-refractivity contribution is 0.544. The number of aryl methyl sites for hydroxylation is 1. The van der Waals surface area contributed by atoms with Crippen molar-refractivity contribution >= 4 is 11.6 Å². The Bertz CT molecular complexity index is 388. The summed E-state index contributed by atoms with van der Waals surface area (Å²) < 4.78 is 0. The van der Waals surface area contributed by atoms with Crippen LogP contribution in [0.1, 0.15) is 57.8 Å². The number of nitrogens with zero attached hydrogens (tertiary/aromatic N) is 2. The molecular formula is C15H28N4. The normalized spacial score (nSPS) is 11.0. The van der Waals surface area contributed by atoms with Crippen LogP contribution in [-0.4, -0.2) is 16.5 Å². The van der Waals surface area contributed by atoms with Crippen molar-refractivity contribution < 1.29 is 0 Å². The van der Waals surface area contributed by atoms with Crippen molar-refractivity contribution in [3.05, 3.63) is 11.4 Å². The van der Waals surface area contributed by atoms with Crippen molar-refractivity contribution in [3.8, 4) is 0 Å². The molecule has 0 aromatic carbocycles. The highest BCUT2D eigenvalue weighted by molar-refractivity contribution is 5.54. The molecule has 0 radical (unpaired) electrons. The van der Waals surface area contributed by atoms with Crippen LogP contribution in [0.15, 0.2) is 0 Å². The molecule has 0 bridgehead atoms. The van der Waals surface area contributed by atoms with Gasteiger partial charge in [-0.3, -0.25) is 0 Å². The summed E-state index contributed by atoms with van der Waals surface area (Å²) in [5.41, 5.74) is 6.89. The summed E-state index contributed by atoms with van der Waals surface area (Å²) in [4.78, 5) is 8.87. The molecule has 1 heterocycles. The van der Waals surface area contributed by atoms with E-state index < -0.39 is 0 Å². The van der Waals surface area contributed by atoms with Gasteiger partial charge in [0.1, 0.15) is 17.5 Å². The first-order chi connectivity index (χ1) is 9.04. The highest BCUT2D eigenvalue weighted by Gasteiger charge is 2.07. The highest BCUT2D eigenvalue weighted by Crippen LogP contribution is 2.18. The Morgan fingerprint density at radius 2 is 1.95 bits per heavy atom. The molecule has 0 fully saturated rings. The second-order valence-electron chi connectivity index (χ2n) is 5.57. The molecule has 0 saturated carbocycles. The number of unbranched alkanes of at least 4 members (excludes halogenated alkanes) is 1. The van der Waals surface area contributed by atoms with Gasteiger partial charge in [-0.1, -0.05) is 33.6 Å². The topological polar surface area (TPSA) is 63.8 Å². The van der Waals surface area contributed by atoms with E-state index in [-0.39, 0.29) is 0 Å². The summed E-state index contributed by atoms with van der Waals surface area (Å²) >= 11 is 0. The van der Waals surface area contributed by atoms with E-state index >= 15 is 0 Å². The third kappa shape index (κ3) is 5.45. The van der Waals surface area contributed by atoms with Crippen LogP contribution >= 0.6 is 0 Å². The molecule has 4 heteroatoms. The third-order valence-corrected chi connectivity index (χ3v) is 3.20. The van der Waals surface area contributed by atoms with E-state index in [9.17, 15) is 0 Å². The number of nitrogen functional groups attached to an aromatic ring is 1. The predicted molar refractivity (Wildman–Crippen MR) is 82.4 cm³/mol. The molecule has 4 nitrogen and oxygen atoms in total. The molecule has 0 amide bonds. The van der Waals surface area contributed by atoms with Gasteiger partial charge in [-0.15, -0.1) is 0 Å². The lowest BCUT2D eigenvalue weighted by Crippen LogP contribution is -2.10. The molecule has 0 aliphatic carbocycles. The van der Waals surface area contributed by atoms with Gasteiger partial charge in [-0.2, -0.15) is 0 Å². The Hall–Kier alpha value is -1.32. The summed E-state index contributed by atoms with van der Waals surface area (Å²) in [5.74, 6) is 3.13. The lowest BCUT2D eigenvalue weighted by atomic mass is 10.1. The molecule has 1 rings (SSSR count). The van der Waals surface area contributed by atoms with Crippen molar-refractivity contribution in [2.75, 3.05) is 17.6 Å². The Kier molecular flexibility index (Phi) is 6.60. The van der Waals surface area contributed by atoms with Crippen molar-refractivity contribution in [2.45, 2.75) is 59.8 Å².